The lowest BCUT2D eigenvalue weighted by atomic mass is 10.0. The Balaban J connectivity index is 1.92. The first kappa shape index (κ1) is 29.2. The molecule has 9 heteroatoms. The summed E-state index contributed by atoms with van der Waals surface area (Å²) in [6.45, 7) is 17.0. The first-order valence-electron chi connectivity index (χ1n) is 12.2. The van der Waals surface area contributed by atoms with Gasteiger partial charge >= 0.3 is 6.09 Å². The van der Waals surface area contributed by atoms with Gasteiger partial charge in [0.05, 0.1) is 17.9 Å². The average Bonchev–Trinajstić information content (AvgIpc) is 3.01. The summed E-state index contributed by atoms with van der Waals surface area (Å²) < 4.78 is 17.8. The van der Waals surface area contributed by atoms with Crippen molar-refractivity contribution in [1.82, 2.24) is 0 Å². The van der Waals surface area contributed by atoms with Gasteiger partial charge in [0.15, 0.2) is 8.32 Å². The number of imide groups is 1. The Morgan fingerprint density at radius 2 is 1.59 bits per heavy atom. The Morgan fingerprint density at radius 1 is 0.973 bits per heavy atom. The van der Waals surface area contributed by atoms with Crippen molar-refractivity contribution in [2.45, 2.75) is 65.3 Å². The van der Waals surface area contributed by atoms with Gasteiger partial charge in [-0.15, -0.1) is 0 Å². The molecule has 1 aliphatic heterocycles. The molecule has 0 unspecified atom stereocenters. The van der Waals surface area contributed by atoms with Gasteiger partial charge in [-0.05, 0) is 75.3 Å². The first-order chi connectivity index (χ1) is 17.0. The molecule has 0 aliphatic carbocycles. The summed E-state index contributed by atoms with van der Waals surface area (Å²) in [6.07, 6.45) is 0.907. The number of carbonyl (C=O) groups is 2. The molecule has 0 N–H and O–H groups in total. The number of benzene rings is 2. The van der Waals surface area contributed by atoms with Crippen LogP contribution < -0.4 is 9.64 Å². The highest BCUT2D eigenvalue weighted by atomic mass is 35.5. The van der Waals surface area contributed by atoms with E-state index in [1.807, 2.05) is 0 Å². The van der Waals surface area contributed by atoms with Crippen LogP contribution in [0.2, 0.25) is 28.2 Å². The Hall–Kier alpha value is -2.32. The van der Waals surface area contributed by atoms with E-state index in [1.54, 1.807) is 63.2 Å². The van der Waals surface area contributed by atoms with Crippen molar-refractivity contribution in [3.8, 4) is 5.75 Å². The molecular formula is C28H35Cl2NO5Si. The maximum absolute atomic E-state index is 13.5. The predicted octanol–water partition coefficient (Wildman–Crippen LogP) is 8.22. The summed E-state index contributed by atoms with van der Waals surface area (Å²) >= 11 is 12.5. The van der Waals surface area contributed by atoms with Crippen LogP contribution in [0.15, 0.2) is 36.4 Å². The number of carbonyl (C=O) groups excluding carboxylic acids is 2. The molecule has 37 heavy (non-hydrogen) atoms. The number of hydrogen-bond donors (Lipinski definition) is 0. The number of halogens is 2. The van der Waals surface area contributed by atoms with Crippen LogP contribution in [0, 0.1) is 0 Å². The number of nitrogens with zero attached hydrogens (tertiary/aromatic N) is 1. The van der Waals surface area contributed by atoms with Crippen LogP contribution in [0.3, 0.4) is 0 Å². The molecular weight excluding hydrogens is 529 g/mol. The monoisotopic (exact) mass is 563 g/mol. The second kappa shape index (κ2) is 10.8. The van der Waals surface area contributed by atoms with Gasteiger partial charge in [0.1, 0.15) is 18.0 Å². The van der Waals surface area contributed by atoms with Gasteiger partial charge < -0.3 is 13.9 Å². The van der Waals surface area contributed by atoms with Crippen LogP contribution in [0.4, 0.5) is 10.5 Å². The predicted molar refractivity (Wildman–Crippen MR) is 153 cm³/mol. The number of hydrogen-bond acceptors (Lipinski definition) is 5. The van der Waals surface area contributed by atoms with Crippen molar-refractivity contribution in [3.63, 3.8) is 0 Å². The zero-order valence-corrected chi connectivity index (χ0v) is 25.2. The molecule has 1 heterocycles. The molecule has 2 aromatic carbocycles. The average molecular weight is 565 g/mol. The SMILES string of the molecule is CC(C)(C)OC(=O)N1C(=O)C(=Cc2cc(Cl)ccc2OCCO[Si](C)(C)C(C)(C)C)c2ccc(Cl)cc21. The molecule has 1 aliphatic rings. The lowest BCUT2D eigenvalue weighted by Crippen LogP contribution is -2.41. The Bertz CT molecular complexity index is 1230. The van der Waals surface area contributed by atoms with Gasteiger partial charge in [-0.1, -0.05) is 50.0 Å². The zero-order chi connectivity index (χ0) is 27.8. The van der Waals surface area contributed by atoms with Crippen molar-refractivity contribution in [3.05, 3.63) is 57.6 Å². The van der Waals surface area contributed by atoms with Crippen LogP contribution in [0.25, 0.3) is 11.6 Å². The van der Waals surface area contributed by atoms with E-state index in [0.717, 1.165) is 4.90 Å². The molecule has 6 nitrogen and oxygen atoms in total. The third-order valence-corrected chi connectivity index (χ3v) is 11.4. The fourth-order valence-corrected chi connectivity index (χ4v) is 4.85. The van der Waals surface area contributed by atoms with Crippen LogP contribution in [0.5, 0.6) is 5.75 Å². The highest BCUT2D eigenvalue weighted by Crippen LogP contribution is 2.41. The number of anilines is 1. The molecule has 0 saturated carbocycles. The van der Waals surface area contributed by atoms with Gasteiger partial charge in [0.2, 0.25) is 0 Å². The van der Waals surface area contributed by atoms with Gasteiger partial charge in [-0.3, -0.25) is 4.79 Å². The maximum Gasteiger partial charge on any atom is 0.422 e. The quantitative estimate of drug-likeness (QED) is 0.201. The lowest BCUT2D eigenvalue weighted by molar-refractivity contribution is -0.112. The van der Waals surface area contributed by atoms with Crippen molar-refractivity contribution in [2.24, 2.45) is 0 Å². The van der Waals surface area contributed by atoms with Crippen molar-refractivity contribution in [1.29, 1.82) is 0 Å². The topological polar surface area (TPSA) is 65.1 Å². The van der Waals surface area contributed by atoms with E-state index in [-0.39, 0.29) is 5.04 Å². The van der Waals surface area contributed by atoms with Crippen molar-refractivity contribution >= 4 is 60.9 Å². The third-order valence-electron chi connectivity index (χ3n) is 6.38. The Morgan fingerprint density at radius 3 is 2.22 bits per heavy atom. The van der Waals surface area contributed by atoms with Gasteiger partial charge in [-0.2, -0.15) is 0 Å². The third kappa shape index (κ3) is 6.96. The van der Waals surface area contributed by atoms with Crippen LogP contribution in [0.1, 0.15) is 52.7 Å². The fraction of sp³-hybridized carbons (Fsp3) is 0.429. The molecule has 2 aromatic rings. The normalized spacial score (nSPS) is 15.2. The molecule has 0 bridgehead atoms. The van der Waals surface area contributed by atoms with E-state index in [2.05, 4.69) is 33.9 Å². The minimum absolute atomic E-state index is 0.0992. The van der Waals surface area contributed by atoms with Gasteiger partial charge in [-0.25, -0.2) is 9.69 Å². The summed E-state index contributed by atoms with van der Waals surface area (Å²) in [4.78, 5) is 27.4. The minimum atomic E-state index is -1.90. The number of rotatable bonds is 6. The molecule has 0 atom stereocenters. The molecule has 0 spiro atoms. The molecule has 2 amide bonds. The van der Waals surface area contributed by atoms with Gasteiger partial charge in [0.25, 0.3) is 5.91 Å². The first-order valence-corrected chi connectivity index (χ1v) is 15.8. The van der Waals surface area contributed by atoms with Crippen LogP contribution >= 0.6 is 23.2 Å². The molecule has 0 saturated heterocycles. The van der Waals surface area contributed by atoms with Crippen LogP contribution in [-0.2, 0) is 14.0 Å². The number of ether oxygens (including phenoxy) is 2. The zero-order valence-electron chi connectivity index (χ0n) is 22.7. The van der Waals surface area contributed by atoms with E-state index in [4.69, 9.17) is 37.1 Å². The maximum atomic E-state index is 13.5. The van der Waals surface area contributed by atoms with Crippen molar-refractivity contribution < 1.29 is 23.5 Å². The Kier molecular flexibility index (Phi) is 8.54. The highest BCUT2D eigenvalue weighted by molar-refractivity contribution is 6.74. The second-order valence-electron chi connectivity index (χ2n) is 11.5. The fourth-order valence-electron chi connectivity index (χ4n) is 3.47. The molecule has 0 aromatic heterocycles. The van der Waals surface area contributed by atoms with Crippen LogP contribution in [-0.4, -0.2) is 39.1 Å². The summed E-state index contributed by atoms with van der Waals surface area (Å²) in [7, 11) is -1.90. The van der Waals surface area contributed by atoms with Gasteiger partial charge in [0, 0.05) is 21.2 Å². The van der Waals surface area contributed by atoms with Crippen molar-refractivity contribution in [2.75, 3.05) is 18.1 Å². The van der Waals surface area contributed by atoms with E-state index < -0.39 is 25.9 Å². The standard InChI is InChI=1S/C28H35Cl2NO5Si/c1-27(2,3)36-26(33)31-23-17-20(30)9-11-21(23)22(25(31)32)16-18-15-19(29)10-12-24(18)34-13-14-35-37(7,8)28(4,5)6/h9-12,15-17H,13-14H2,1-8H3. The second-order valence-corrected chi connectivity index (χ2v) is 17.2. The van der Waals surface area contributed by atoms with E-state index in [1.165, 1.54) is 0 Å². The summed E-state index contributed by atoms with van der Waals surface area (Å²) in [5.41, 5.74) is 1.07. The summed E-state index contributed by atoms with van der Waals surface area (Å²) in [6, 6.07) is 10.2. The molecule has 200 valence electrons. The lowest BCUT2D eigenvalue weighted by Gasteiger charge is -2.36. The smallest absolute Gasteiger partial charge is 0.422 e. The molecule has 0 fully saturated rings. The minimum Gasteiger partial charge on any atom is -0.491 e. The summed E-state index contributed by atoms with van der Waals surface area (Å²) in [5, 5.41) is 0.986. The largest absolute Gasteiger partial charge is 0.491 e. The molecule has 3 rings (SSSR count). The van der Waals surface area contributed by atoms with E-state index in [9.17, 15) is 9.59 Å². The van der Waals surface area contributed by atoms with E-state index in [0.29, 0.717) is 51.4 Å². The Labute approximate surface area is 230 Å². The molecule has 0 radical (unpaired) electrons. The number of fused-ring (bicyclic) bond motifs is 1. The van der Waals surface area contributed by atoms with E-state index >= 15 is 0 Å². The number of amides is 2. The highest BCUT2D eigenvalue weighted by Gasteiger charge is 2.40. The summed E-state index contributed by atoms with van der Waals surface area (Å²) in [5.74, 6) is 0.0356.